The molecule has 0 radical (unpaired) electrons. The van der Waals surface area contributed by atoms with Gasteiger partial charge in [0, 0.05) is 44.3 Å². The number of amides is 1. The fourth-order valence-electron chi connectivity index (χ4n) is 2.08. The Morgan fingerprint density at radius 1 is 1.50 bits per heavy atom. The monoisotopic (exact) mass is 276 g/mol. The van der Waals surface area contributed by atoms with Crippen molar-refractivity contribution < 1.29 is 4.79 Å². The van der Waals surface area contributed by atoms with Crippen LogP contribution < -0.4 is 10.6 Å². The van der Waals surface area contributed by atoms with Crippen LogP contribution in [0.1, 0.15) is 17.4 Å². The van der Waals surface area contributed by atoms with Gasteiger partial charge in [0.1, 0.15) is 11.9 Å². The van der Waals surface area contributed by atoms with Gasteiger partial charge in [-0.1, -0.05) is 0 Å². The van der Waals surface area contributed by atoms with Gasteiger partial charge in [0.05, 0.1) is 6.20 Å². The van der Waals surface area contributed by atoms with E-state index in [1.165, 1.54) is 0 Å². The molecule has 20 heavy (non-hydrogen) atoms. The average Bonchev–Trinajstić information content (AvgIpc) is 3.00. The van der Waals surface area contributed by atoms with Gasteiger partial charge in [0.2, 0.25) is 5.91 Å². The molecule has 1 unspecified atom stereocenters. The number of carbonyl (C=O) groups is 1. The number of carbonyl (C=O) groups excluding carboxylic acids is 1. The number of nitrogens with zero attached hydrogens (tertiary/aromatic N) is 4. The molecule has 2 rings (SSSR count). The Morgan fingerprint density at radius 2 is 2.30 bits per heavy atom. The second-order valence-electron chi connectivity index (χ2n) is 4.63. The fourth-order valence-corrected chi connectivity index (χ4v) is 2.08. The molecule has 0 fully saturated rings. The first-order valence-corrected chi connectivity index (χ1v) is 6.53. The van der Waals surface area contributed by atoms with E-state index < -0.39 is 0 Å². The van der Waals surface area contributed by atoms with E-state index in [9.17, 15) is 4.79 Å². The molecule has 1 amide bonds. The number of rotatable bonds is 6. The highest BCUT2D eigenvalue weighted by molar-refractivity contribution is 5.82. The number of hydrogen-bond donors (Lipinski definition) is 2. The summed E-state index contributed by atoms with van der Waals surface area (Å²) in [5.74, 6) is 0.884. The number of aryl methyl sites for hydroxylation is 2. The Balaban J connectivity index is 1.88. The lowest BCUT2D eigenvalue weighted by atomic mass is 10.1. The Kier molecular flexibility index (Phi) is 4.52. The van der Waals surface area contributed by atoms with E-state index in [0.29, 0.717) is 13.1 Å². The summed E-state index contributed by atoms with van der Waals surface area (Å²) in [6.45, 7) is 3.21. The van der Waals surface area contributed by atoms with Gasteiger partial charge in [0.15, 0.2) is 0 Å². The van der Waals surface area contributed by atoms with Gasteiger partial charge in [-0.25, -0.2) is 4.98 Å². The molecular formula is C13H20N6O. The summed E-state index contributed by atoms with van der Waals surface area (Å²) in [5, 5.41) is 10.0. The van der Waals surface area contributed by atoms with Crippen LogP contribution in [0, 0.1) is 6.92 Å². The Morgan fingerprint density at radius 3 is 2.85 bits per heavy atom. The average molecular weight is 276 g/mol. The van der Waals surface area contributed by atoms with E-state index in [1.54, 1.807) is 24.1 Å². The fraction of sp³-hybridized carbons (Fsp3) is 0.462. The summed E-state index contributed by atoms with van der Waals surface area (Å²) in [4.78, 5) is 16.3. The molecule has 7 heteroatoms. The van der Waals surface area contributed by atoms with E-state index in [4.69, 9.17) is 0 Å². The van der Waals surface area contributed by atoms with E-state index in [2.05, 4.69) is 20.7 Å². The van der Waals surface area contributed by atoms with Crippen molar-refractivity contribution in [2.75, 3.05) is 13.6 Å². The Labute approximate surface area is 118 Å². The van der Waals surface area contributed by atoms with Gasteiger partial charge in [-0.2, -0.15) is 5.10 Å². The predicted octanol–water partition coefficient (Wildman–Crippen LogP) is 0.00192. The quantitative estimate of drug-likeness (QED) is 0.779. The maximum atomic E-state index is 12.2. The van der Waals surface area contributed by atoms with Crippen molar-refractivity contribution in [3.63, 3.8) is 0 Å². The number of aromatic nitrogens is 4. The SMILES string of the molecule is CNC(C(=O)NCCn1ccnc1C)c1cnn(C)c1. The third-order valence-electron chi connectivity index (χ3n) is 3.18. The minimum Gasteiger partial charge on any atom is -0.353 e. The van der Waals surface area contributed by atoms with Crippen molar-refractivity contribution >= 4 is 5.91 Å². The molecule has 0 saturated heterocycles. The number of likely N-dealkylation sites (N-methyl/N-ethyl adjacent to an activating group) is 1. The van der Waals surface area contributed by atoms with Gasteiger partial charge in [-0.15, -0.1) is 0 Å². The van der Waals surface area contributed by atoms with E-state index in [1.807, 2.05) is 30.9 Å². The van der Waals surface area contributed by atoms with Crippen molar-refractivity contribution in [1.29, 1.82) is 0 Å². The highest BCUT2D eigenvalue weighted by Gasteiger charge is 2.19. The molecule has 2 aromatic rings. The largest absolute Gasteiger partial charge is 0.353 e. The zero-order valence-corrected chi connectivity index (χ0v) is 12.0. The maximum Gasteiger partial charge on any atom is 0.241 e. The van der Waals surface area contributed by atoms with Crippen LogP contribution in [0.2, 0.25) is 0 Å². The van der Waals surface area contributed by atoms with Crippen molar-refractivity contribution in [3.8, 4) is 0 Å². The zero-order valence-electron chi connectivity index (χ0n) is 12.0. The lowest BCUT2D eigenvalue weighted by Gasteiger charge is -2.15. The Bertz CT molecular complexity index is 573. The Hall–Kier alpha value is -2.15. The highest BCUT2D eigenvalue weighted by atomic mass is 16.2. The first-order valence-electron chi connectivity index (χ1n) is 6.53. The minimum atomic E-state index is -0.382. The van der Waals surface area contributed by atoms with Crippen LogP contribution in [0.3, 0.4) is 0 Å². The lowest BCUT2D eigenvalue weighted by Crippen LogP contribution is -2.37. The van der Waals surface area contributed by atoms with Gasteiger partial charge < -0.3 is 15.2 Å². The zero-order chi connectivity index (χ0) is 14.5. The van der Waals surface area contributed by atoms with Crippen LogP contribution in [0.15, 0.2) is 24.8 Å². The maximum absolute atomic E-state index is 12.2. The summed E-state index contributed by atoms with van der Waals surface area (Å²) in [6, 6.07) is -0.382. The van der Waals surface area contributed by atoms with Crippen molar-refractivity contribution in [3.05, 3.63) is 36.2 Å². The number of nitrogens with one attached hydrogen (secondary N) is 2. The summed E-state index contributed by atoms with van der Waals surface area (Å²) in [6.07, 6.45) is 7.18. The van der Waals surface area contributed by atoms with Gasteiger partial charge in [-0.05, 0) is 14.0 Å². The van der Waals surface area contributed by atoms with E-state index in [-0.39, 0.29) is 11.9 Å². The van der Waals surface area contributed by atoms with Crippen LogP contribution in [0.4, 0.5) is 0 Å². The molecule has 0 aliphatic heterocycles. The molecule has 2 N–H and O–H groups in total. The summed E-state index contributed by atoms with van der Waals surface area (Å²) in [7, 11) is 3.59. The topological polar surface area (TPSA) is 76.8 Å². The van der Waals surface area contributed by atoms with Crippen LogP contribution in [-0.2, 0) is 18.4 Å². The molecule has 0 bridgehead atoms. The smallest absolute Gasteiger partial charge is 0.241 e. The van der Waals surface area contributed by atoms with E-state index >= 15 is 0 Å². The standard InChI is InChI=1S/C13H20N6O/c1-10-15-4-6-19(10)7-5-16-13(20)12(14-2)11-8-17-18(3)9-11/h4,6,8-9,12,14H,5,7H2,1-3H3,(H,16,20). The summed E-state index contributed by atoms with van der Waals surface area (Å²) < 4.78 is 3.68. The summed E-state index contributed by atoms with van der Waals surface area (Å²) >= 11 is 0. The first kappa shape index (κ1) is 14.3. The minimum absolute atomic E-state index is 0.0572. The molecule has 0 aliphatic carbocycles. The molecule has 0 aromatic carbocycles. The van der Waals surface area contributed by atoms with Crippen LogP contribution in [0.25, 0.3) is 0 Å². The second-order valence-corrected chi connectivity index (χ2v) is 4.63. The van der Waals surface area contributed by atoms with Gasteiger partial charge >= 0.3 is 0 Å². The molecule has 0 saturated carbocycles. The van der Waals surface area contributed by atoms with Crippen molar-refractivity contribution in [2.45, 2.75) is 19.5 Å². The van der Waals surface area contributed by atoms with Gasteiger partial charge in [0.25, 0.3) is 0 Å². The summed E-state index contributed by atoms with van der Waals surface area (Å²) in [5.41, 5.74) is 0.853. The molecule has 0 spiro atoms. The molecule has 2 heterocycles. The second kappa shape index (κ2) is 6.33. The molecule has 1 atom stereocenters. The first-order chi connectivity index (χ1) is 9.61. The number of imidazole rings is 1. The predicted molar refractivity (Wildman–Crippen MR) is 75.0 cm³/mol. The number of hydrogen-bond acceptors (Lipinski definition) is 4. The lowest BCUT2D eigenvalue weighted by molar-refractivity contribution is -0.123. The third-order valence-corrected chi connectivity index (χ3v) is 3.18. The molecule has 7 nitrogen and oxygen atoms in total. The van der Waals surface area contributed by atoms with Gasteiger partial charge in [-0.3, -0.25) is 9.48 Å². The van der Waals surface area contributed by atoms with Crippen molar-refractivity contribution in [1.82, 2.24) is 30.0 Å². The molecular weight excluding hydrogens is 256 g/mol. The molecule has 0 aliphatic rings. The molecule has 108 valence electrons. The van der Waals surface area contributed by atoms with E-state index in [0.717, 1.165) is 11.4 Å². The normalized spacial score (nSPS) is 12.3. The third kappa shape index (κ3) is 3.24. The van der Waals surface area contributed by atoms with Crippen molar-refractivity contribution in [2.24, 2.45) is 7.05 Å². The molecule has 2 aromatic heterocycles. The highest BCUT2D eigenvalue weighted by Crippen LogP contribution is 2.10. The van der Waals surface area contributed by atoms with Crippen LogP contribution in [-0.4, -0.2) is 38.8 Å². The van der Waals surface area contributed by atoms with Crippen LogP contribution in [0.5, 0.6) is 0 Å². The van der Waals surface area contributed by atoms with Crippen LogP contribution >= 0.6 is 0 Å².